The molecule has 9 heteroatoms. The van der Waals surface area contributed by atoms with Gasteiger partial charge in [0.05, 0.1) is 9.79 Å². The number of hydrogen-bond donors (Lipinski definition) is 0. The molecule has 2 aromatic rings. The fourth-order valence-electron chi connectivity index (χ4n) is 1.81. The van der Waals surface area contributed by atoms with Crippen LogP contribution >= 0.6 is 11.6 Å². The summed E-state index contributed by atoms with van der Waals surface area (Å²) < 4.78 is 49.8. The fraction of sp³-hybridized carbons (Fsp3) is 0.200. The molecule has 0 N–H and O–H groups in total. The summed E-state index contributed by atoms with van der Waals surface area (Å²) in [6, 6.07) is 11.8. The molecule has 0 bridgehead atoms. The van der Waals surface area contributed by atoms with E-state index in [1.165, 1.54) is 43.4 Å². The van der Waals surface area contributed by atoms with Crippen molar-refractivity contribution in [3.63, 3.8) is 0 Å². The van der Waals surface area contributed by atoms with E-state index in [0.717, 1.165) is 5.56 Å². The van der Waals surface area contributed by atoms with Gasteiger partial charge in [0.15, 0.2) is 9.84 Å². The minimum atomic E-state index is -3.89. The number of sulfone groups is 1. The number of rotatable bonds is 6. The van der Waals surface area contributed by atoms with Crippen molar-refractivity contribution in [2.24, 2.45) is 0 Å². The number of nitrogens with zero attached hydrogens (tertiary/aromatic N) is 2. The van der Waals surface area contributed by atoms with Crippen molar-refractivity contribution in [1.82, 2.24) is 9.84 Å². The highest BCUT2D eigenvalue weighted by Gasteiger charge is 2.24. The number of benzene rings is 2. The molecule has 0 saturated carbocycles. The van der Waals surface area contributed by atoms with E-state index in [1.54, 1.807) is 12.1 Å². The highest BCUT2D eigenvalue weighted by Crippen LogP contribution is 2.17. The van der Waals surface area contributed by atoms with Gasteiger partial charge >= 0.3 is 0 Å². The minimum absolute atomic E-state index is 0.0248. The molecule has 24 heavy (non-hydrogen) atoms. The molecule has 0 heterocycles. The molecule has 0 fully saturated rings. The van der Waals surface area contributed by atoms with Crippen LogP contribution in [0.1, 0.15) is 5.56 Å². The Morgan fingerprint density at radius 2 is 1.42 bits per heavy atom. The van der Waals surface area contributed by atoms with E-state index >= 15 is 0 Å². The lowest BCUT2D eigenvalue weighted by molar-refractivity contribution is 0.382. The Morgan fingerprint density at radius 3 is 1.96 bits per heavy atom. The molecule has 0 aliphatic rings. The van der Waals surface area contributed by atoms with E-state index < -0.39 is 25.7 Å². The Labute approximate surface area is 147 Å². The summed E-state index contributed by atoms with van der Waals surface area (Å²) in [6.45, 7) is 1.84. The first-order valence-corrected chi connectivity index (χ1v) is 10.3. The van der Waals surface area contributed by atoms with Gasteiger partial charge in [-0.05, 0) is 43.3 Å². The monoisotopic (exact) mass is 387 g/mol. The third-order valence-electron chi connectivity index (χ3n) is 3.27. The topological polar surface area (TPSA) is 85.6 Å². The van der Waals surface area contributed by atoms with E-state index in [1.807, 2.05) is 6.92 Å². The molecule has 0 aromatic heterocycles. The lowest BCUT2D eigenvalue weighted by Crippen LogP contribution is -2.36. The van der Waals surface area contributed by atoms with Gasteiger partial charge in [0.1, 0.15) is 5.88 Å². The van der Waals surface area contributed by atoms with Crippen LogP contribution in [-0.4, -0.2) is 34.2 Å². The lowest BCUT2D eigenvalue weighted by Gasteiger charge is -2.16. The number of halogens is 1. The molecule has 0 aliphatic carbocycles. The molecule has 0 aliphatic heterocycles. The minimum Gasteiger partial charge on any atom is -0.222 e. The zero-order valence-corrected chi connectivity index (χ0v) is 15.4. The van der Waals surface area contributed by atoms with Gasteiger partial charge in [-0.3, -0.25) is 0 Å². The quantitative estimate of drug-likeness (QED) is 0.711. The molecule has 1 radical (unpaired) electrons. The normalized spacial score (nSPS) is 12.5. The number of aryl methyl sites for hydroxylation is 1. The predicted molar refractivity (Wildman–Crippen MR) is 91.8 cm³/mol. The molecule has 0 saturated heterocycles. The molecule has 129 valence electrons. The van der Waals surface area contributed by atoms with Gasteiger partial charge in [-0.1, -0.05) is 29.3 Å². The van der Waals surface area contributed by atoms with Gasteiger partial charge in [0.25, 0.3) is 10.0 Å². The number of sulfonamides is 1. The summed E-state index contributed by atoms with van der Waals surface area (Å²) in [5, 5.41) is 0.407. The molecular weight excluding hydrogens is 372 g/mol. The van der Waals surface area contributed by atoms with Crippen LogP contribution in [-0.2, 0) is 19.9 Å². The van der Waals surface area contributed by atoms with E-state index in [9.17, 15) is 16.8 Å². The van der Waals surface area contributed by atoms with Gasteiger partial charge < -0.3 is 0 Å². The van der Waals surface area contributed by atoms with Gasteiger partial charge in [-0.2, -0.15) is 0 Å². The van der Waals surface area contributed by atoms with Crippen LogP contribution in [0.4, 0.5) is 0 Å². The molecule has 2 rings (SSSR count). The molecular formula is C15H16ClN2O4S2. The zero-order chi connectivity index (χ0) is 18.0. The SMILES string of the molecule is Cc1ccc(S(=O)(=O)N(C)[N]CS(=O)(=O)c2ccc(Cl)cc2)cc1. The Kier molecular flexibility index (Phi) is 5.67. The maximum absolute atomic E-state index is 12.4. The molecule has 0 spiro atoms. The molecule has 2 aromatic carbocycles. The van der Waals surface area contributed by atoms with Crippen LogP contribution in [0.5, 0.6) is 0 Å². The average Bonchev–Trinajstić information content (AvgIpc) is 2.53. The van der Waals surface area contributed by atoms with Crippen molar-refractivity contribution in [3.8, 4) is 0 Å². The van der Waals surface area contributed by atoms with Crippen molar-refractivity contribution in [1.29, 1.82) is 0 Å². The molecule has 0 atom stereocenters. The van der Waals surface area contributed by atoms with Crippen molar-refractivity contribution < 1.29 is 16.8 Å². The smallest absolute Gasteiger partial charge is 0.222 e. The largest absolute Gasteiger partial charge is 0.256 e. The highest BCUT2D eigenvalue weighted by atomic mass is 35.5. The summed E-state index contributed by atoms with van der Waals surface area (Å²) in [6.07, 6.45) is 0. The van der Waals surface area contributed by atoms with Crippen LogP contribution < -0.4 is 5.43 Å². The zero-order valence-electron chi connectivity index (χ0n) is 13.0. The summed E-state index contributed by atoms with van der Waals surface area (Å²) in [5.41, 5.74) is 4.61. The van der Waals surface area contributed by atoms with Gasteiger partial charge in [0, 0.05) is 12.1 Å². The first-order valence-electron chi connectivity index (χ1n) is 6.84. The fourth-order valence-corrected chi connectivity index (χ4v) is 4.03. The second kappa shape index (κ2) is 7.20. The predicted octanol–water partition coefficient (Wildman–Crippen LogP) is 2.22. The third kappa shape index (κ3) is 4.34. The Morgan fingerprint density at radius 1 is 0.917 bits per heavy atom. The summed E-state index contributed by atoms with van der Waals surface area (Å²) >= 11 is 5.72. The van der Waals surface area contributed by atoms with Crippen LogP contribution in [0.3, 0.4) is 0 Å². The van der Waals surface area contributed by atoms with E-state index in [4.69, 9.17) is 11.6 Å². The van der Waals surface area contributed by atoms with E-state index in [2.05, 4.69) is 5.43 Å². The third-order valence-corrected chi connectivity index (χ3v) is 6.64. The van der Waals surface area contributed by atoms with Crippen LogP contribution in [0.15, 0.2) is 58.3 Å². The van der Waals surface area contributed by atoms with E-state index in [0.29, 0.717) is 9.44 Å². The summed E-state index contributed by atoms with van der Waals surface area (Å²) in [5.74, 6) is -0.684. The molecule has 0 unspecified atom stereocenters. The maximum Gasteiger partial charge on any atom is 0.256 e. The van der Waals surface area contributed by atoms with Crippen molar-refractivity contribution in [2.45, 2.75) is 16.7 Å². The standard InChI is InChI=1S/C15H16ClN2O4S2/c1-12-3-7-15(8-4-12)24(21,22)18(2)17-11-23(19,20)14-9-5-13(16)6-10-14/h3-10H,11H2,1-2H3. The van der Waals surface area contributed by atoms with E-state index in [-0.39, 0.29) is 9.79 Å². The van der Waals surface area contributed by atoms with Gasteiger partial charge in [-0.15, -0.1) is 9.84 Å². The summed E-state index contributed by atoms with van der Waals surface area (Å²) in [4.78, 5) is 0.0695. The second-order valence-corrected chi connectivity index (χ2v) is 9.44. The van der Waals surface area contributed by atoms with Gasteiger partial charge in [0.2, 0.25) is 0 Å². The lowest BCUT2D eigenvalue weighted by atomic mass is 10.2. The first-order chi connectivity index (χ1) is 11.1. The highest BCUT2D eigenvalue weighted by molar-refractivity contribution is 7.91. The Balaban J connectivity index is 2.13. The van der Waals surface area contributed by atoms with Crippen LogP contribution in [0.2, 0.25) is 5.02 Å². The van der Waals surface area contributed by atoms with Crippen molar-refractivity contribution in [3.05, 3.63) is 59.1 Å². The summed E-state index contributed by atoms with van der Waals surface area (Å²) in [7, 11) is -6.44. The van der Waals surface area contributed by atoms with Crippen molar-refractivity contribution in [2.75, 3.05) is 12.9 Å². The molecule has 6 nitrogen and oxygen atoms in total. The van der Waals surface area contributed by atoms with Crippen molar-refractivity contribution >= 4 is 31.5 Å². The Hall–Kier alpha value is -1.45. The number of hydrogen-bond acceptors (Lipinski definition) is 4. The van der Waals surface area contributed by atoms with Gasteiger partial charge in [-0.25, -0.2) is 16.8 Å². The van der Waals surface area contributed by atoms with Crippen LogP contribution in [0.25, 0.3) is 0 Å². The van der Waals surface area contributed by atoms with Crippen LogP contribution in [0, 0.1) is 6.92 Å². The Bertz CT molecular complexity index is 909. The second-order valence-electron chi connectivity index (χ2n) is 5.09. The average molecular weight is 388 g/mol. The molecule has 0 amide bonds. The maximum atomic E-state index is 12.4. The first kappa shape index (κ1) is 18.9.